The molecular formula is C24H13F6P. The first kappa shape index (κ1) is 22.5. The van der Waals surface area contributed by atoms with Gasteiger partial charge >= 0.3 is 12.4 Å². The van der Waals surface area contributed by atoms with Gasteiger partial charge in [0.05, 0.1) is 19.0 Å². The van der Waals surface area contributed by atoms with Gasteiger partial charge in [-0.05, 0) is 48.5 Å². The Morgan fingerprint density at radius 2 is 0.903 bits per heavy atom. The van der Waals surface area contributed by atoms with Crippen LogP contribution in [0.25, 0.3) is 0 Å². The van der Waals surface area contributed by atoms with Gasteiger partial charge in [0.25, 0.3) is 0 Å². The molecule has 156 valence electrons. The summed E-state index contributed by atoms with van der Waals surface area (Å²) in [6.07, 6.45) is -8.84. The summed E-state index contributed by atoms with van der Waals surface area (Å²) in [6, 6.07) is 18.1. The molecule has 0 radical (unpaired) electrons. The second-order valence-electron chi connectivity index (χ2n) is 6.29. The van der Waals surface area contributed by atoms with E-state index in [2.05, 4.69) is 23.2 Å². The molecule has 3 aromatic carbocycles. The summed E-state index contributed by atoms with van der Waals surface area (Å²) in [5.74, 6) is 5.69. The van der Waals surface area contributed by atoms with Crippen molar-refractivity contribution in [3.05, 3.63) is 101 Å². The summed E-state index contributed by atoms with van der Waals surface area (Å²) >= 11 is 0. The molecule has 0 saturated heterocycles. The van der Waals surface area contributed by atoms with E-state index >= 15 is 0 Å². The summed E-state index contributed by atoms with van der Waals surface area (Å²) in [4.78, 5) is 0. The van der Waals surface area contributed by atoms with Crippen molar-refractivity contribution in [2.24, 2.45) is 0 Å². The molecule has 0 aromatic heterocycles. The maximum Gasteiger partial charge on any atom is 0.416 e. The lowest BCUT2D eigenvalue weighted by Crippen LogP contribution is -2.04. The maximum atomic E-state index is 12.7. The van der Waals surface area contributed by atoms with E-state index in [1.54, 1.807) is 0 Å². The fourth-order valence-corrected chi connectivity index (χ4v) is 3.73. The topological polar surface area (TPSA) is 0 Å². The molecule has 0 bridgehead atoms. The molecule has 7 heteroatoms. The van der Waals surface area contributed by atoms with Crippen LogP contribution in [0.4, 0.5) is 26.3 Å². The van der Waals surface area contributed by atoms with E-state index in [9.17, 15) is 26.3 Å². The number of hydrogen-bond acceptors (Lipinski definition) is 0. The van der Waals surface area contributed by atoms with Crippen LogP contribution in [0.2, 0.25) is 0 Å². The first-order chi connectivity index (χ1) is 14.6. The molecule has 31 heavy (non-hydrogen) atoms. The Bertz CT molecular complexity index is 1060. The third-order valence-corrected chi connectivity index (χ3v) is 5.55. The molecule has 0 saturated carbocycles. The zero-order valence-corrected chi connectivity index (χ0v) is 16.6. The van der Waals surface area contributed by atoms with Crippen LogP contribution in [0, 0.1) is 23.2 Å². The predicted octanol–water partition coefficient (Wildman–Crippen LogP) is 6.85. The Hall–Kier alpha value is -3.21. The van der Waals surface area contributed by atoms with Crippen LogP contribution in [0.1, 0.15) is 22.3 Å². The summed E-state index contributed by atoms with van der Waals surface area (Å²) in [7, 11) is -1.33. The molecule has 0 aliphatic rings. The lowest BCUT2D eigenvalue weighted by atomic mass is 10.1. The van der Waals surface area contributed by atoms with Crippen LogP contribution in [0.15, 0.2) is 78.9 Å². The van der Waals surface area contributed by atoms with Crippen molar-refractivity contribution in [1.29, 1.82) is 0 Å². The molecule has 0 heterocycles. The highest BCUT2D eigenvalue weighted by Gasteiger charge is 2.30. The fraction of sp³-hybridized carbons (Fsp3) is 0.0833. The van der Waals surface area contributed by atoms with Crippen LogP contribution in [-0.2, 0) is 12.4 Å². The third-order valence-electron chi connectivity index (χ3n) is 4.06. The molecule has 3 rings (SSSR count). The second kappa shape index (κ2) is 9.29. The van der Waals surface area contributed by atoms with Crippen molar-refractivity contribution in [3.8, 4) is 23.2 Å². The van der Waals surface area contributed by atoms with E-state index in [4.69, 9.17) is 0 Å². The van der Waals surface area contributed by atoms with Gasteiger partial charge in [0.1, 0.15) is 0 Å². The van der Waals surface area contributed by atoms with Gasteiger partial charge in [0.15, 0.2) is 0 Å². The number of alkyl halides is 6. The Labute approximate surface area is 176 Å². The average molecular weight is 446 g/mol. The molecule has 0 spiro atoms. The third kappa shape index (κ3) is 6.38. The SMILES string of the molecule is FC(F)(F)c1ccc(C#CP(C#Cc2ccc(C(F)(F)F)cc2)c2ccccc2)cc1. The van der Waals surface area contributed by atoms with E-state index in [0.29, 0.717) is 11.1 Å². The van der Waals surface area contributed by atoms with Gasteiger partial charge in [-0.1, -0.05) is 53.5 Å². The van der Waals surface area contributed by atoms with E-state index in [1.165, 1.54) is 24.3 Å². The van der Waals surface area contributed by atoms with Crippen molar-refractivity contribution in [2.75, 3.05) is 0 Å². The molecule has 0 nitrogen and oxygen atoms in total. The largest absolute Gasteiger partial charge is 0.416 e. The minimum absolute atomic E-state index is 0.410. The van der Waals surface area contributed by atoms with E-state index in [1.807, 2.05) is 30.3 Å². The highest BCUT2D eigenvalue weighted by molar-refractivity contribution is 7.75. The zero-order valence-electron chi connectivity index (χ0n) is 15.7. The number of rotatable bonds is 1. The Morgan fingerprint density at radius 1 is 0.516 bits per heavy atom. The van der Waals surface area contributed by atoms with Crippen molar-refractivity contribution in [1.82, 2.24) is 0 Å². The Kier molecular flexibility index (Phi) is 6.74. The minimum atomic E-state index is -4.42. The van der Waals surface area contributed by atoms with Crippen molar-refractivity contribution in [2.45, 2.75) is 12.4 Å². The van der Waals surface area contributed by atoms with Crippen LogP contribution in [0.3, 0.4) is 0 Å². The number of halogens is 6. The lowest BCUT2D eigenvalue weighted by molar-refractivity contribution is -0.138. The van der Waals surface area contributed by atoms with Gasteiger partial charge < -0.3 is 0 Å². The fourth-order valence-electron chi connectivity index (χ4n) is 2.46. The van der Waals surface area contributed by atoms with Crippen LogP contribution < -0.4 is 5.30 Å². The zero-order chi connectivity index (χ0) is 22.5. The number of hydrogen-bond donors (Lipinski definition) is 0. The van der Waals surface area contributed by atoms with E-state index in [-0.39, 0.29) is 0 Å². The summed E-state index contributed by atoms with van der Waals surface area (Å²) in [6.45, 7) is 0. The average Bonchev–Trinajstić information content (AvgIpc) is 2.74. The molecule has 0 aliphatic carbocycles. The van der Waals surface area contributed by atoms with E-state index in [0.717, 1.165) is 29.6 Å². The summed E-state index contributed by atoms with van der Waals surface area (Å²) in [5.41, 5.74) is 5.30. The summed E-state index contributed by atoms with van der Waals surface area (Å²) in [5, 5.41) is 0.830. The van der Waals surface area contributed by atoms with Gasteiger partial charge in [-0.3, -0.25) is 0 Å². The van der Waals surface area contributed by atoms with Crippen molar-refractivity contribution >= 4 is 13.2 Å². The van der Waals surface area contributed by atoms with Gasteiger partial charge in [-0.2, -0.15) is 26.3 Å². The molecule has 0 atom stereocenters. The van der Waals surface area contributed by atoms with Gasteiger partial charge in [-0.25, -0.2) is 0 Å². The van der Waals surface area contributed by atoms with Crippen LogP contribution in [-0.4, -0.2) is 0 Å². The quantitative estimate of drug-likeness (QED) is 0.218. The Morgan fingerprint density at radius 3 is 1.26 bits per heavy atom. The molecule has 3 aromatic rings. The van der Waals surface area contributed by atoms with Crippen LogP contribution >= 0.6 is 7.92 Å². The van der Waals surface area contributed by atoms with Gasteiger partial charge in [0.2, 0.25) is 0 Å². The maximum absolute atomic E-state index is 12.7. The molecule has 0 amide bonds. The minimum Gasteiger partial charge on any atom is -0.166 e. The van der Waals surface area contributed by atoms with Gasteiger partial charge in [-0.15, -0.1) is 0 Å². The highest BCUT2D eigenvalue weighted by atomic mass is 31.1. The van der Waals surface area contributed by atoms with E-state index < -0.39 is 31.4 Å². The number of benzene rings is 3. The molecule has 0 aliphatic heterocycles. The van der Waals surface area contributed by atoms with Crippen molar-refractivity contribution in [3.63, 3.8) is 0 Å². The molecule has 0 N–H and O–H groups in total. The smallest absolute Gasteiger partial charge is 0.166 e. The monoisotopic (exact) mass is 446 g/mol. The normalized spacial score (nSPS) is 11.3. The molecule has 0 fully saturated rings. The molecule has 0 unspecified atom stereocenters. The summed E-state index contributed by atoms with van der Waals surface area (Å²) < 4.78 is 76.2. The van der Waals surface area contributed by atoms with Crippen molar-refractivity contribution < 1.29 is 26.3 Å². The standard InChI is InChI=1S/C24H13F6P/c25-23(26,27)20-10-6-18(7-11-20)14-16-31(22-4-2-1-3-5-22)17-15-19-8-12-21(13-9-19)24(28,29)30/h1-13H. The predicted molar refractivity (Wildman–Crippen MR) is 110 cm³/mol. The second-order valence-corrected chi connectivity index (χ2v) is 7.93. The van der Waals surface area contributed by atoms with Gasteiger partial charge in [0, 0.05) is 16.4 Å². The van der Waals surface area contributed by atoms with Crippen LogP contribution in [0.5, 0.6) is 0 Å². The first-order valence-electron chi connectivity index (χ1n) is 8.86. The lowest BCUT2D eigenvalue weighted by Gasteiger charge is -2.06. The highest BCUT2D eigenvalue weighted by Crippen LogP contribution is 2.33. The molecular weight excluding hydrogens is 433 g/mol. The first-order valence-corrected chi connectivity index (χ1v) is 10.2. The Balaban J connectivity index is 1.88.